The first-order chi connectivity index (χ1) is 20.8. The summed E-state index contributed by atoms with van der Waals surface area (Å²) in [5.41, 5.74) is 15.6. The van der Waals surface area contributed by atoms with Crippen molar-refractivity contribution >= 4 is 43.7 Å². The number of para-hydroxylation sites is 2. The van der Waals surface area contributed by atoms with Crippen LogP contribution >= 0.6 is 0 Å². The van der Waals surface area contributed by atoms with Crippen LogP contribution in [0, 0.1) is 6.92 Å². The summed E-state index contributed by atoms with van der Waals surface area (Å²) >= 11 is 0. The first kappa shape index (κ1) is 22.6. The third-order valence-corrected chi connectivity index (χ3v) is 10.0. The second-order valence-corrected chi connectivity index (χ2v) is 12.0. The molecule has 6 aromatic carbocycles. The molecule has 2 aliphatic rings. The molecule has 0 bridgehead atoms. The summed E-state index contributed by atoms with van der Waals surface area (Å²) in [4.78, 5) is 0. The van der Waals surface area contributed by atoms with E-state index in [4.69, 9.17) is 4.42 Å². The maximum Gasteiger partial charge on any atom is 0.145 e. The molecule has 1 aliphatic carbocycles. The molecular weight excluding hydrogens is 510 g/mol. The van der Waals surface area contributed by atoms with Gasteiger partial charge in [0, 0.05) is 28.0 Å². The molecule has 10 rings (SSSR count). The molecule has 2 atom stereocenters. The minimum atomic E-state index is 0.174. The molecule has 198 valence electrons. The molecule has 0 spiro atoms. The Morgan fingerprint density at radius 1 is 0.619 bits per heavy atom. The normalized spacial score (nSPS) is 17.1. The number of aryl methyl sites for hydroxylation is 1. The Hall–Kier alpha value is -5.08. The van der Waals surface area contributed by atoms with Crippen LogP contribution in [0.25, 0.3) is 49.4 Å². The summed E-state index contributed by atoms with van der Waals surface area (Å²) < 4.78 is 9.18. The standard InChI is InChI=1S/C40H27NO/c1-23-10-2-4-12-25(23)32-22-24-11-3-5-13-26(24)36-30-15-6-8-16-33(30)41-34-21-20-29-27-14-7-9-17-35(27)42-40(29)37(34)31-19-18-28(32)38(36)39(31)41/h2-21,32,36H,22H2,1H3. The van der Waals surface area contributed by atoms with Crippen LogP contribution in [-0.2, 0) is 6.42 Å². The lowest BCUT2D eigenvalue weighted by Gasteiger charge is -2.31. The van der Waals surface area contributed by atoms with Crippen molar-refractivity contribution in [3.63, 3.8) is 0 Å². The van der Waals surface area contributed by atoms with E-state index in [1.165, 1.54) is 77.2 Å². The summed E-state index contributed by atoms with van der Waals surface area (Å²) in [6.07, 6.45) is 0.992. The van der Waals surface area contributed by atoms with E-state index in [2.05, 4.69) is 133 Å². The van der Waals surface area contributed by atoms with Gasteiger partial charge in [0.25, 0.3) is 0 Å². The molecule has 2 nitrogen and oxygen atoms in total. The summed E-state index contributed by atoms with van der Waals surface area (Å²) in [6, 6.07) is 45.0. The van der Waals surface area contributed by atoms with E-state index in [1.807, 2.05) is 0 Å². The van der Waals surface area contributed by atoms with E-state index in [9.17, 15) is 0 Å². The Kier molecular flexibility index (Phi) is 4.31. The van der Waals surface area contributed by atoms with Crippen LogP contribution in [0.2, 0.25) is 0 Å². The van der Waals surface area contributed by atoms with Crippen molar-refractivity contribution in [1.82, 2.24) is 4.57 Å². The maximum absolute atomic E-state index is 6.65. The van der Waals surface area contributed by atoms with Crippen molar-refractivity contribution in [2.75, 3.05) is 0 Å². The SMILES string of the molecule is Cc1ccccc1C1Cc2ccccc2C2c3ccccc3-n3c4ccc5c6ccccc6oc5c4c4ccc1c2c43. The summed E-state index contributed by atoms with van der Waals surface area (Å²) in [6.45, 7) is 2.26. The second-order valence-electron chi connectivity index (χ2n) is 12.0. The van der Waals surface area contributed by atoms with Crippen LogP contribution in [0.15, 0.2) is 126 Å². The summed E-state index contributed by atoms with van der Waals surface area (Å²) in [5.74, 6) is 0.452. The highest BCUT2D eigenvalue weighted by atomic mass is 16.3. The lowest BCUT2D eigenvalue weighted by Crippen LogP contribution is -2.16. The molecule has 2 heteroatoms. The predicted molar refractivity (Wildman–Crippen MR) is 172 cm³/mol. The van der Waals surface area contributed by atoms with Crippen LogP contribution in [0.1, 0.15) is 50.8 Å². The number of hydrogen-bond donors (Lipinski definition) is 0. The highest BCUT2D eigenvalue weighted by Crippen LogP contribution is 2.54. The molecule has 0 fully saturated rings. The first-order valence-electron chi connectivity index (χ1n) is 14.9. The number of hydrogen-bond acceptors (Lipinski definition) is 1. The van der Waals surface area contributed by atoms with Crippen molar-refractivity contribution in [3.8, 4) is 5.69 Å². The van der Waals surface area contributed by atoms with Gasteiger partial charge in [0.15, 0.2) is 0 Å². The Morgan fingerprint density at radius 2 is 1.36 bits per heavy atom. The highest BCUT2D eigenvalue weighted by Gasteiger charge is 2.38. The molecule has 2 unspecified atom stereocenters. The van der Waals surface area contributed by atoms with Gasteiger partial charge in [0.1, 0.15) is 11.2 Å². The third-order valence-electron chi connectivity index (χ3n) is 10.0. The van der Waals surface area contributed by atoms with Gasteiger partial charge >= 0.3 is 0 Å². The number of aromatic nitrogens is 1. The van der Waals surface area contributed by atoms with E-state index < -0.39 is 0 Å². The zero-order chi connectivity index (χ0) is 27.5. The van der Waals surface area contributed by atoms with Gasteiger partial charge in [-0.15, -0.1) is 0 Å². The molecule has 42 heavy (non-hydrogen) atoms. The zero-order valence-corrected chi connectivity index (χ0v) is 23.3. The second kappa shape index (κ2) is 8.02. The van der Waals surface area contributed by atoms with Crippen LogP contribution in [-0.4, -0.2) is 4.57 Å². The highest BCUT2D eigenvalue weighted by molar-refractivity contribution is 6.24. The number of furan rings is 1. The van der Waals surface area contributed by atoms with Gasteiger partial charge in [-0.25, -0.2) is 0 Å². The molecule has 3 heterocycles. The number of rotatable bonds is 1. The van der Waals surface area contributed by atoms with E-state index in [-0.39, 0.29) is 11.8 Å². The average Bonchev–Trinajstić information content (AvgIpc) is 3.53. The van der Waals surface area contributed by atoms with Gasteiger partial charge in [-0.2, -0.15) is 0 Å². The summed E-state index contributed by atoms with van der Waals surface area (Å²) in [7, 11) is 0. The molecule has 1 aliphatic heterocycles. The fraction of sp³-hybridized carbons (Fsp3) is 0.100. The first-order valence-corrected chi connectivity index (χ1v) is 14.9. The number of fused-ring (bicyclic) bond motifs is 12. The predicted octanol–water partition coefficient (Wildman–Crippen LogP) is 10.2. The molecule has 0 radical (unpaired) electrons. The van der Waals surface area contributed by atoms with Gasteiger partial charge in [-0.3, -0.25) is 0 Å². The van der Waals surface area contributed by atoms with Crippen molar-refractivity contribution in [1.29, 1.82) is 0 Å². The van der Waals surface area contributed by atoms with Gasteiger partial charge < -0.3 is 8.98 Å². The van der Waals surface area contributed by atoms with Crippen LogP contribution in [0.3, 0.4) is 0 Å². The van der Waals surface area contributed by atoms with E-state index in [0.29, 0.717) is 0 Å². The van der Waals surface area contributed by atoms with Crippen molar-refractivity contribution in [2.24, 2.45) is 0 Å². The Morgan fingerprint density at radius 3 is 2.26 bits per heavy atom. The quantitative estimate of drug-likeness (QED) is 0.204. The molecule has 0 amide bonds. The van der Waals surface area contributed by atoms with Crippen molar-refractivity contribution in [3.05, 3.63) is 160 Å². The van der Waals surface area contributed by atoms with Gasteiger partial charge in [0.05, 0.1) is 22.1 Å². The molecule has 8 aromatic rings. The van der Waals surface area contributed by atoms with Crippen LogP contribution in [0.4, 0.5) is 0 Å². The molecular formula is C40H27NO. The smallest absolute Gasteiger partial charge is 0.145 e. The summed E-state index contributed by atoms with van der Waals surface area (Å²) in [5, 5.41) is 4.84. The van der Waals surface area contributed by atoms with E-state index in [1.54, 1.807) is 0 Å². The number of benzene rings is 6. The monoisotopic (exact) mass is 537 g/mol. The molecule has 0 saturated carbocycles. The average molecular weight is 538 g/mol. The minimum absolute atomic E-state index is 0.174. The fourth-order valence-corrected chi connectivity index (χ4v) is 8.27. The lowest BCUT2D eigenvalue weighted by atomic mass is 9.77. The number of nitrogens with zero attached hydrogens (tertiary/aromatic N) is 1. The van der Waals surface area contributed by atoms with Crippen LogP contribution in [0.5, 0.6) is 0 Å². The minimum Gasteiger partial charge on any atom is -0.455 e. The fourth-order valence-electron chi connectivity index (χ4n) is 8.27. The Bertz CT molecular complexity index is 2420. The molecule has 0 saturated heterocycles. The van der Waals surface area contributed by atoms with Gasteiger partial charge in [-0.1, -0.05) is 97.1 Å². The van der Waals surface area contributed by atoms with Crippen molar-refractivity contribution in [2.45, 2.75) is 25.2 Å². The van der Waals surface area contributed by atoms with Gasteiger partial charge in [0.2, 0.25) is 0 Å². The maximum atomic E-state index is 6.65. The molecule has 2 aromatic heterocycles. The van der Waals surface area contributed by atoms with Gasteiger partial charge in [-0.05, 0) is 76.6 Å². The topological polar surface area (TPSA) is 18.1 Å². The Labute approximate surface area is 243 Å². The zero-order valence-electron chi connectivity index (χ0n) is 23.3. The lowest BCUT2D eigenvalue weighted by molar-refractivity contribution is 0.673. The van der Waals surface area contributed by atoms with Crippen molar-refractivity contribution < 1.29 is 4.42 Å². The van der Waals surface area contributed by atoms with E-state index in [0.717, 1.165) is 17.6 Å². The van der Waals surface area contributed by atoms with E-state index >= 15 is 0 Å². The Balaban J connectivity index is 1.43. The molecule has 0 N–H and O–H groups in total. The van der Waals surface area contributed by atoms with Crippen LogP contribution < -0.4 is 0 Å². The third kappa shape index (κ3) is 2.75. The largest absolute Gasteiger partial charge is 0.455 e.